The van der Waals surface area contributed by atoms with E-state index in [0.717, 1.165) is 36.6 Å². The van der Waals surface area contributed by atoms with Crippen LogP contribution in [0.4, 0.5) is 0 Å². The number of benzene rings is 2. The Hall–Kier alpha value is -1.80. The first kappa shape index (κ1) is 19.5. The fourth-order valence-corrected chi connectivity index (χ4v) is 5.80. The van der Waals surface area contributed by atoms with Crippen LogP contribution in [0.3, 0.4) is 0 Å². The van der Waals surface area contributed by atoms with E-state index in [1.165, 1.54) is 5.56 Å². The molecule has 0 saturated heterocycles. The van der Waals surface area contributed by atoms with E-state index in [0.29, 0.717) is 10.9 Å². The van der Waals surface area contributed by atoms with E-state index >= 15 is 0 Å². The van der Waals surface area contributed by atoms with Gasteiger partial charge in [-0.25, -0.2) is 4.98 Å². The lowest BCUT2D eigenvalue weighted by molar-refractivity contribution is 0.414. The van der Waals surface area contributed by atoms with Gasteiger partial charge in [0.1, 0.15) is 10.9 Å². The van der Waals surface area contributed by atoms with Gasteiger partial charge in [-0.05, 0) is 29.8 Å². The van der Waals surface area contributed by atoms with Crippen LogP contribution in [0.25, 0.3) is 10.9 Å². The molecule has 0 spiro atoms. The first-order valence-corrected chi connectivity index (χ1v) is 11.6. The number of fused-ring (bicyclic) bond motifs is 1. The zero-order chi connectivity index (χ0) is 19.3. The summed E-state index contributed by atoms with van der Waals surface area (Å²) in [5.74, 6) is 2.43. The smallest absolute Gasteiger partial charge is 0.175 e. The standard InChI is InChI=1S/C20H16ClN3OS3/c1-25-16-8-6-13(7-9-16)11-26-19-23-24-20(28-19)27-12-15-10-14-4-2-3-5-17(14)22-18(15)21/h2-10H,11-12H2,1H3. The zero-order valence-corrected chi connectivity index (χ0v) is 18.2. The molecular formula is C20H16ClN3OS3. The molecule has 0 bridgehead atoms. The van der Waals surface area contributed by atoms with Crippen LogP contribution in [-0.2, 0) is 11.5 Å². The second kappa shape index (κ2) is 9.13. The number of methoxy groups -OCH3 is 1. The summed E-state index contributed by atoms with van der Waals surface area (Å²) in [5, 5.41) is 10.2. The highest BCUT2D eigenvalue weighted by molar-refractivity contribution is 8.02. The van der Waals surface area contributed by atoms with Crippen molar-refractivity contribution in [3.63, 3.8) is 0 Å². The first-order chi connectivity index (χ1) is 13.7. The quantitative estimate of drug-likeness (QED) is 0.244. The van der Waals surface area contributed by atoms with Gasteiger partial charge in [-0.15, -0.1) is 10.2 Å². The SMILES string of the molecule is COc1ccc(CSc2nnc(SCc3cc4ccccc4nc3Cl)s2)cc1. The van der Waals surface area contributed by atoms with Crippen molar-refractivity contribution in [2.24, 2.45) is 0 Å². The summed E-state index contributed by atoms with van der Waals surface area (Å²) >= 11 is 11.3. The van der Waals surface area contributed by atoms with Gasteiger partial charge in [0.15, 0.2) is 8.68 Å². The summed E-state index contributed by atoms with van der Waals surface area (Å²) in [4.78, 5) is 4.47. The Kier molecular flexibility index (Phi) is 6.36. The van der Waals surface area contributed by atoms with Crippen LogP contribution in [0.15, 0.2) is 63.3 Å². The summed E-state index contributed by atoms with van der Waals surface area (Å²) < 4.78 is 7.08. The van der Waals surface area contributed by atoms with Gasteiger partial charge in [0, 0.05) is 22.5 Å². The molecule has 0 aliphatic heterocycles. The number of thioether (sulfide) groups is 2. The van der Waals surface area contributed by atoms with E-state index < -0.39 is 0 Å². The molecule has 2 aromatic carbocycles. The average molecular weight is 446 g/mol. The summed E-state index contributed by atoms with van der Waals surface area (Å²) in [7, 11) is 1.67. The highest BCUT2D eigenvalue weighted by Gasteiger charge is 2.10. The molecule has 0 aliphatic rings. The van der Waals surface area contributed by atoms with Crippen LogP contribution >= 0.6 is 46.5 Å². The average Bonchev–Trinajstić information content (AvgIpc) is 3.19. The van der Waals surface area contributed by atoms with Gasteiger partial charge in [-0.3, -0.25) is 0 Å². The monoisotopic (exact) mass is 445 g/mol. The number of pyridine rings is 1. The minimum atomic E-state index is 0.546. The molecule has 0 atom stereocenters. The number of rotatable bonds is 7. The maximum absolute atomic E-state index is 6.34. The van der Waals surface area contributed by atoms with Crippen molar-refractivity contribution < 1.29 is 4.74 Å². The Morgan fingerprint density at radius 3 is 2.43 bits per heavy atom. The zero-order valence-electron chi connectivity index (χ0n) is 15.0. The Bertz CT molecular complexity index is 1090. The van der Waals surface area contributed by atoms with E-state index in [1.54, 1.807) is 42.0 Å². The maximum Gasteiger partial charge on any atom is 0.175 e. The Labute approximate surface area is 180 Å². The van der Waals surface area contributed by atoms with Crippen LogP contribution in [0.2, 0.25) is 5.15 Å². The normalized spacial score (nSPS) is 11.1. The molecule has 0 unspecified atom stereocenters. The molecule has 0 N–H and O–H groups in total. The van der Waals surface area contributed by atoms with Gasteiger partial charge >= 0.3 is 0 Å². The fraction of sp³-hybridized carbons (Fsp3) is 0.150. The number of aromatic nitrogens is 3. The predicted molar refractivity (Wildman–Crippen MR) is 119 cm³/mol. The number of para-hydroxylation sites is 1. The minimum absolute atomic E-state index is 0.546. The summed E-state index contributed by atoms with van der Waals surface area (Å²) in [6, 6.07) is 18.2. The highest BCUT2D eigenvalue weighted by Crippen LogP contribution is 2.34. The summed E-state index contributed by atoms with van der Waals surface area (Å²) in [6.45, 7) is 0. The molecule has 4 nitrogen and oxygen atoms in total. The van der Waals surface area contributed by atoms with Crippen molar-refractivity contribution in [2.75, 3.05) is 7.11 Å². The molecule has 8 heteroatoms. The van der Waals surface area contributed by atoms with Gasteiger partial charge in [0.05, 0.1) is 12.6 Å². The van der Waals surface area contributed by atoms with E-state index in [-0.39, 0.29) is 0 Å². The molecule has 2 heterocycles. The summed E-state index contributed by atoms with van der Waals surface area (Å²) in [5.41, 5.74) is 3.15. The number of nitrogens with zero attached hydrogens (tertiary/aromatic N) is 3. The molecule has 0 saturated carbocycles. The molecule has 2 aromatic heterocycles. The third-order valence-electron chi connectivity index (χ3n) is 4.01. The maximum atomic E-state index is 6.34. The molecule has 28 heavy (non-hydrogen) atoms. The van der Waals surface area contributed by atoms with Crippen LogP contribution in [0.1, 0.15) is 11.1 Å². The van der Waals surface area contributed by atoms with Gasteiger partial charge in [-0.1, -0.05) is 76.8 Å². The number of halogens is 1. The molecular weight excluding hydrogens is 430 g/mol. The number of hydrogen-bond acceptors (Lipinski definition) is 7. The van der Waals surface area contributed by atoms with E-state index in [4.69, 9.17) is 16.3 Å². The largest absolute Gasteiger partial charge is 0.497 e. The van der Waals surface area contributed by atoms with Crippen LogP contribution in [0.5, 0.6) is 5.75 Å². The third kappa shape index (κ3) is 4.78. The molecule has 142 valence electrons. The Morgan fingerprint density at radius 2 is 1.68 bits per heavy atom. The first-order valence-electron chi connectivity index (χ1n) is 8.47. The topological polar surface area (TPSA) is 47.9 Å². The lowest BCUT2D eigenvalue weighted by Crippen LogP contribution is -1.88. The second-order valence-corrected chi connectivity index (χ2v) is 9.67. The molecule has 0 amide bonds. The minimum Gasteiger partial charge on any atom is -0.497 e. The van der Waals surface area contributed by atoms with Crippen LogP contribution < -0.4 is 4.74 Å². The number of ether oxygens (including phenoxy) is 1. The Balaban J connectivity index is 1.36. The van der Waals surface area contributed by atoms with Crippen molar-refractivity contribution in [3.05, 3.63) is 70.9 Å². The third-order valence-corrected chi connectivity index (χ3v) is 7.65. The molecule has 4 rings (SSSR count). The summed E-state index contributed by atoms with van der Waals surface area (Å²) in [6.07, 6.45) is 0. The van der Waals surface area contributed by atoms with Crippen molar-refractivity contribution in [1.82, 2.24) is 15.2 Å². The van der Waals surface area contributed by atoms with Gasteiger partial charge in [-0.2, -0.15) is 0 Å². The lowest BCUT2D eigenvalue weighted by Gasteiger charge is -2.04. The lowest BCUT2D eigenvalue weighted by atomic mass is 10.2. The Morgan fingerprint density at radius 1 is 0.964 bits per heavy atom. The van der Waals surface area contributed by atoms with Gasteiger partial charge < -0.3 is 4.74 Å². The predicted octanol–water partition coefficient (Wildman–Crippen LogP) is 6.33. The highest BCUT2D eigenvalue weighted by atomic mass is 35.5. The van der Waals surface area contributed by atoms with Crippen molar-refractivity contribution in [1.29, 1.82) is 0 Å². The van der Waals surface area contributed by atoms with Crippen LogP contribution in [0, 0.1) is 0 Å². The van der Waals surface area contributed by atoms with Crippen molar-refractivity contribution in [3.8, 4) is 5.75 Å². The van der Waals surface area contributed by atoms with Gasteiger partial charge in [0.25, 0.3) is 0 Å². The van der Waals surface area contributed by atoms with Crippen molar-refractivity contribution >= 4 is 57.4 Å². The number of hydrogen-bond donors (Lipinski definition) is 0. The fourth-order valence-electron chi connectivity index (χ4n) is 2.56. The van der Waals surface area contributed by atoms with E-state index in [9.17, 15) is 0 Å². The second-order valence-electron chi connectivity index (χ2n) is 5.89. The molecule has 0 radical (unpaired) electrons. The van der Waals surface area contributed by atoms with E-state index in [1.807, 2.05) is 36.4 Å². The molecule has 0 aliphatic carbocycles. The molecule has 4 aromatic rings. The molecule has 0 fully saturated rings. The van der Waals surface area contributed by atoms with E-state index in [2.05, 4.69) is 33.4 Å². The van der Waals surface area contributed by atoms with Gasteiger partial charge in [0.2, 0.25) is 0 Å². The van der Waals surface area contributed by atoms with Crippen molar-refractivity contribution in [2.45, 2.75) is 20.2 Å². The van der Waals surface area contributed by atoms with Crippen LogP contribution in [-0.4, -0.2) is 22.3 Å².